The average Bonchev–Trinajstić information content (AvgIpc) is 2.70. The van der Waals surface area contributed by atoms with Crippen LogP contribution in [0.3, 0.4) is 0 Å². The van der Waals surface area contributed by atoms with Gasteiger partial charge < -0.3 is 4.74 Å². The first-order valence-electron chi connectivity index (χ1n) is 8.28. The van der Waals surface area contributed by atoms with Crippen molar-refractivity contribution in [3.05, 3.63) is 97.9 Å². The second-order valence-corrected chi connectivity index (χ2v) is 7.42. The monoisotopic (exact) mass is 476 g/mol. The summed E-state index contributed by atoms with van der Waals surface area (Å²) in [5, 5.41) is 5.01. The van der Waals surface area contributed by atoms with E-state index in [1.54, 1.807) is 36.5 Å². The molecule has 1 N–H and O–H groups in total. The molecule has 3 aromatic rings. The fourth-order valence-electron chi connectivity index (χ4n) is 2.38. The zero-order chi connectivity index (χ0) is 19.9. The molecule has 0 atom stereocenters. The SMILES string of the molecule is O=C(N/N=C/c1ccccc1OCc1ccc(Cl)c(Cl)c1)c1ccccc1Br. The molecule has 0 bridgehead atoms. The Labute approximate surface area is 181 Å². The van der Waals surface area contributed by atoms with Crippen LogP contribution in [0.25, 0.3) is 0 Å². The number of amides is 1. The molecule has 0 saturated heterocycles. The van der Waals surface area contributed by atoms with Gasteiger partial charge in [0.1, 0.15) is 12.4 Å². The minimum atomic E-state index is -0.307. The second kappa shape index (κ2) is 9.73. The largest absolute Gasteiger partial charge is 0.488 e. The predicted molar refractivity (Wildman–Crippen MR) is 116 cm³/mol. The molecule has 0 aliphatic rings. The highest BCUT2D eigenvalue weighted by molar-refractivity contribution is 9.10. The molecule has 0 heterocycles. The molecule has 4 nitrogen and oxygen atoms in total. The number of ether oxygens (including phenoxy) is 1. The van der Waals surface area contributed by atoms with Crippen LogP contribution < -0.4 is 10.2 Å². The van der Waals surface area contributed by atoms with Crippen LogP contribution in [0.1, 0.15) is 21.5 Å². The summed E-state index contributed by atoms with van der Waals surface area (Å²) < 4.78 is 6.57. The number of carbonyl (C=O) groups excluding carboxylic acids is 1. The lowest BCUT2D eigenvalue weighted by Gasteiger charge is -2.09. The van der Waals surface area contributed by atoms with Gasteiger partial charge in [-0.3, -0.25) is 4.79 Å². The van der Waals surface area contributed by atoms with E-state index in [1.165, 1.54) is 0 Å². The van der Waals surface area contributed by atoms with E-state index in [-0.39, 0.29) is 5.91 Å². The number of carbonyl (C=O) groups is 1. The molecular weight excluding hydrogens is 463 g/mol. The molecule has 0 aromatic heterocycles. The van der Waals surface area contributed by atoms with Crippen molar-refractivity contribution in [2.24, 2.45) is 5.10 Å². The van der Waals surface area contributed by atoms with E-state index in [9.17, 15) is 4.79 Å². The minimum Gasteiger partial charge on any atom is -0.488 e. The Hall–Kier alpha value is -2.34. The van der Waals surface area contributed by atoms with Gasteiger partial charge in [-0.25, -0.2) is 5.43 Å². The summed E-state index contributed by atoms with van der Waals surface area (Å²) in [6.45, 7) is 0.324. The first kappa shape index (κ1) is 20.4. The number of hydrogen-bond acceptors (Lipinski definition) is 3. The third-order valence-corrected chi connectivity index (χ3v) is 5.22. The van der Waals surface area contributed by atoms with Crippen LogP contribution in [-0.4, -0.2) is 12.1 Å². The first-order chi connectivity index (χ1) is 13.5. The quantitative estimate of drug-likeness (QED) is 0.344. The molecule has 0 aliphatic carbocycles. The summed E-state index contributed by atoms with van der Waals surface area (Å²) >= 11 is 15.3. The highest BCUT2D eigenvalue weighted by atomic mass is 79.9. The van der Waals surface area contributed by atoms with Crippen LogP contribution >= 0.6 is 39.1 Å². The van der Waals surface area contributed by atoms with Gasteiger partial charge in [-0.1, -0.05) is 53.5 Å². The number of hydrazone groups is 1. The molecule has 0 radical (unpaired) electrons. The smallest absolute Gasteiger partial charge is 0.272 e. The van der Waals surface area contributed by atoms with Gasteiger partial charge in [0, 0.05) is 10.0 Å². The van der Waals surface area contributed by atoms with Gasteiger partial charge in [0.25, 0.3) is 5.91 Å². The molecule has 28 heavy (non-hydrogen) atoms. The van der Waals surface area contributed by atoms with Gasteiger partial charge >= 0.3 is 0 Å². The standard InChI is InChI=1S/C21H15BrCl2N2O2/c22-17-7-3-2-6-16(17)21(27)26-25-12-15-5-1-4-8-20(15)28-13-14-9-10-18(23)19(24)11-14/h1-12H,13H2,(H,26,27)/b25-12+. The normalized spacial score (nSPS) is 10.8. The Bertz CT molecular complexity index is 1020. The lowest BCUT2D eigenvalue weighted by molar-refractivity contribution is 0.0954. The molecule has 1 amide bonds. The average molecular weight is 478 g/mol. The lowest BCUT2D eigenvalue weighted by atomic mass is 10.2. The fraction of sp³-hybridized carbons (Fsp3) is 0.0476. The zero-order valence-corrected chi connectivity index (χ0v) is 17.6. The summed E-state index contributed by atoms with van der Waals surface area (Å²) in [5.41, 5.74) is 4.64. The fourth-order valence-corrected chi connectivity index (χ4v) is 3.16. The Balaban J connectivity index is 1.66. The van der Waals surface area contributed by atoms with E-state index in [0.717, 1.165) is 11.1 Å². The van der Waals surface area contributed by atoms with Crippen LogP contribution in [-0.2, 0) is 6.61 Å². The van der Waals surface area contributed by atoms with E-state index in [4.69, 9.17) is 27.9 Å². The maximum atomic E-state index is 12.2. The van der Waals surface area contributed by atoms with Crippen LogP contribution in [0.4, 0.5) is 0 Å². The third kappa shape index (κ3) is 5.35. The highest BCUT2D eigenvalue weighted by Crippen LogP contribution is 2.24. The van der Waals surface area contributed by atoms with Crippen molar-refractivity contribution in [1.82, 2.24) is 5.43 Å². The molecular formula is C21H15BrCl2N2O2. The zero-order valence-electron chi connectivity index (χ0n) is 14.5. The number of nitrogens with zero attached hydrogens (tertiary/aromatic N) is 1. The van der Waals surface area contributed by atoms with E-state index in [1.807, 2.05) is 36.4 Å². The molecule has 7 heteroatoms. The maximum Gasteiger partial charge on any atom is 0.272 e. The third-order valence-electron chi connectivity index (χ3n) is 3.79. The summed E-state index contributed by atoms with van der Waals surface area (Å²) in [5.74, 6) is 0.324. The van der Waals surface area contributed by atoms with Crippen LogP contribution in [0, 0.1) is 0 Å². The van der Waals surface area contributed by atoms with Crippen molar-refractivity contribution in [3.63, 3.8) is 0 Å². The maximum absolute atomic E-state index is 12.2. The summed E-state index contributed by atoms with van der Waals surface area (Å²) in [6.07, 6.45) is 1.54. The Morgan fingerprint density at radius 1 is 1.04 bits per heavy atom. The van der Waals surface area contributed by atoms with Gasteiger partial charge in [0.2, 0.25) is 0 Å². The molecule has 0 aliphatic heterocycles. The van der Waals surface area contributed by atoms with Crippen LogP contribution in [0.5, 0.6) is 5.75 Å². The van der Waals surface area contributed by atoms with Crippen molar-refractivity contribution in [1.29, 1.82) is 0 Å². The van der Waals surface area contributed by atoms with Crippen molar-refractivity contribution in [2.45, 2.75) is 6.61 Å². The second-order valence-electron chi connectivity index (χ2n) is 5.75. The molecule has 142 valence electrons. The number of halogens is 3. The van der Waals surface area contributed by atoms with Gasteiger partial charge in [-0.05, 0) is 57.9 Å². The van der Waals surface area contributed by atoms with E-state index < -0.39 is 0 Å². The molecule has 3 rings (SSSR count). The van der Waals surface area contributed by atoms with Crippen LogP contribution in [0.15, 0.2) is 76.3 Å². The summed E-state index contributed by atoms with van der Waals surface area (Å²) in [7, 11) is 0. The van der Waals surface area contributed by atoms with E-state index in [2.05, 4.69) is 26.5 Å². The molecule has 0 spiro atoms. The first-order valence-corrected chi connectivity index (χ1v) is 9.83. The van der Waals surface area contributed by atoms with Crippen molar-refractivity contribution in [2.75, 3.05) is 0 Å². The van der Waals surface area contributed by atoms with Gasteiger partial charge in [0.05, 0.1) is 21.8 Å². The summed E-state index contributed by atoms with van der Waals surface area (Å²) in [6, 6.07) is 19.9. The van der Waals surface area contributed by atoms with Crippen molar-refractivity contribution >= 4 is 51.3 Å². The number of para-hydroxylation sites is 1. The minimum absolute atomic E-state index is 0.307. The Morgan fingerprint density at radius 3 is 2.57 bits per heavy atom. The van der Waals surface area contributed by atoms with Gasteiger partial charge in [-0.15, -0.1) is 0 Å². The highest BCUT2D eigenvalue weighted by Gasteiger charge is 2.08. The number of rotatable bonds is 6. The molecule has 0 fully saturated rings. The van der Waals surface area contributed by atoms with E-state index in [0.29, 0.717) is 32.4 Å². The summed E-state index contributed by atoms with van der Waals surface area (Å²) in [4.78, 5) is 12.2. The Morgan fingerprint density at radius 2 is 1.79 bits per heavy atom. The molecule has 3 aromatic carbocycles. The molecule has 0 unspecified atom stereocenters. The van der Waals surface area contributed by atoms with Gasteiger partial charge in [0.15, 0.2) is 0 Å². The topological polar surface area (TPSA) is 50.7 Å². The Kier molecular flexibility index (Phi) is 7.09. The van der Waals surface area contributed by atoms with Crippen molar-refractivity contribution < 1.29 is 9.53 Å². The number of benzene rings is 3. The number of nitrogens with one attached hydrogen (secondary N) is 1. The molecule has 0 saturated carbocycles. The van der Waals surface area contributed by atoms with Crippen molar-refractivity contribution in [3.8, 4) is 5.75 Å². The lowest BCUT2D eigenvalue weighted by Crippen LogP contribution is -2.18. The van der Waals surface area contributed by atoms with Crippen LogP contribution in [0.2, 0.25) is 10.0 Å². The predicted octanol–water partition coefficient (Wildman–Crippen LogP) is 6.10. The van der Waals surface area contributed by atoms with E-state index >= 15 is 0 Å². The number of hydrogen-bond donors (Lipinski definition) is 1. The van der Waals surface area contributed by atoms with Gasteiger partial charge in [-0.2, -0.15) is 5.10 Å².